The molecule has 1 atom stereocenters. The summed E-state index contributed by atoms with van der Waals surface area (Å²) in [5.41, 5.74) is 3.88. The van der Waals surface area contributed by atoms with Gasteiger partial charge in [-0.1, -0.05) is 90.0 Å². The number of carbonyl (C=O) groups excluding carboxylic acids is 2. The van der Waals surface area contributed by atoms with Crippen LogP contribution in [0.3, 0.4) is 0 Å². The lowest BCUT2D eigenvalue weighted by atomic mass is 10.0. The number of amides is 2. The van der Waals surface area contributed by atoms with E-state index in [9.17, 15) is 18.0 Å². The molecule has 2 amide bonds. The summed E-state index contributed by atoms with van der Waals surface area (Å²) in [5, 5.41) is 2.70. The molecule has 9 heteroatoms. The second-order valence-electron chi connectivity index (χ2n) is 10.6. The Hall–Kier alpha value is -4.63. The summed E-state index contributed by atoms with van der Waals surface area (Å²) in [4.78, 5) is 29.4. The van der Waals surface area contributed by atoms with Crippen molar-refractivity contribution in [2.75, 3.05) is 24.5 Å². The van der Waals surface area contributed by atoms with Crippen LogP contribution in [0.25, 0.3) is 0 Å². The van der Waals surface area contributed by atoms with E-state index < -0.39 is 28.5 Å². The standard InChI is InChI=1S/C35H39N3O5S/c1-5-43-33-14-10-9-13-31(33)38(44(41,42)30-21-17-27(3)18-22-30)25-34(39)37(24-29-19-15-26(2)16-20-29)32(35(40)36-4)23-28-11-7-6-8-12-28/h6-22,32H,5,23-25H2,1-4H3,(H,36,40)/t32-/m1/s1. The fourth-order valence-corrected chi connectivity index (χ4v) is 6.33. The summed E-state index contributed by atoms with van der Waals surface area (Å²) in [5.74, 6) is -0.551. The maximum absolute atomic E-state index is 14.5. The zero-order valence-electron chi connectivity index (χ0n) is 25.6. The number of rotatable bonds is 13. The summed E-state index contributed by atoms with van der Waals surface area (Å²) >= 11 is 0. The predicted molar refractivity (Wildman–Crippen MR) is 173 cm³/mol. The van der Waals surface area contributed by atoms with Crippen molar-refractivity contribution in [3.05, 3.63) is 125 Å². The number of hydrogen-bond acceptors (Lipinski definition) is 5. The van der Waals surface area contributed by atoms with Crippen LogP contribution in [-0.4, -0.2) is 51.4 Å². The van der Waals surface area contributed by atoms with Crippen molar-refractivity contribution < 1.29 is 22.7 Å². The van der Waals surface area contributed by atoms with Gasteiger partial charge in [0.25, 0.3) is 10.0 Å². The van der Waals surface area contributed by atoms with Crippen LogP contribution in [0.2, 0.25) is 0 Å². The molecule has 0 saturated carbocycles. The molecule has 0 bridgehead atoms. The quantitative estimate of drug-likeness (QED) is 0.221. The highest BCUT2D eigenvalue weighted by Gasteiger charge is 2.35. The van der Waals surface area contributed by atoms with Gasteiger partial charge in [0, 0.05) is 20.0 Å². The molecule has 44 heavy (non-hydrogen) atoms. The van der Waals surface area contributed by atoms with Crippen molar-refractivity contribution in [2.45, 2.75) is 44.7 Å². The number of para-hydroxylation sites is 2. The third-order valence-corrected chi connectivity index (χ3v) is 9.09. The van der Waals surface area contributed by atoms with Gasteiger partial charge in [-0.3, -0.25) is 13.9 Å². The summed E-state index contributed by atoms with van der Waals surface area (Å²) in [6.07, 6.45) is 0.248. The Morgan fingerprint density at radius 2 is 1.39 bits per heavy atom. The molecule has 0 aliphatic rings. The minimum atomic E-state index is -4.22. The Morgan fingerprint density at radius 3 is 2.00 bits per heavy atom. The highest BCUT2D eigenvalue weighted by molar-refractivity contribution is 7.92. The molecule has 4 rings (SSSR count). The van der Waals surface area contributed by atoms with Crippen molar-refractivity contribution in [3.63, 3.8) is 0 Å². The smallest absolute Gasteiger partial charge is 0.264 e. The maximum Gasteiger partial charge on any atom is 0.264 e. The van der Waals surface area contributed by atoms with E-state index in [1.807, 2.05) is 75.4 Å². The first-order valence-electron chi connectivity index (χ1n) is 14.6. The molecule has 4 aromatic rings. The molecule has 0 unspecified atom stereocenters. The van der Waals surface area contributed by atoms with Gasteiger partial charge in [-0.2, -0.15) is 0 Å². The lowest BCUT2D eigenvalue weighted by molar-refractivity contribution is -0.139. The minimum absolute atomic E-state index is 0.0411. The molecule has 230 valence electrons. The molecule has 0 heterocycles. The van der Waals surface area contributed by atoms with Crippen molar-refractivity contribution in [1.82, 2.24) is 10.2 Å². The first-order chi connectivity index (χ1) is 21.1. The third-order valence-electron chi connectivity index (χ3n) is 7.31. The Labute approximate surface area is 260 Å². The number of nitrogens with zero attached hydrogens (tertiary/aromatic N) is 2. The Balaban J connectivity index is 1.82. The van der Waals surface area contributed by atoms with Crippen molar-refractivity contribution >= 4 is 27.5 Å². The van der Waals surface area contributed by atoms with Crippen LogP contribution in [0.5, 0.6) is 5.75 Å². The molecule has 4 aromatic carbocycles. The summed E-state index contributed by atoms with van der Waals surface area (Å²) < 4.78 is 35.3. The number of likely N-dealkylation sites (N-methyl/N-ethyl adjacent to an activating group) is 1. The monoisotopic (exact) mass is 613 g/mol. The fraction of sp³-hybridized carbons (Fsp3) is 0.257. The van der Waals surface area contributed by atoms with E-state index in [1.54, 1.807) is 36.4 Å². The molecule has 0 fully saturated rings. The van der Waals surface area contributed by atoms with E-state index in [0.29, 0.717) is 12.4 Å². The first kappa shape index (κ1) is 32.3. The number of ether oxygens (including phenoxy) is 1. The fourth-order valence-electron chi connectivity index (χ4n) is 4.90. The SMILES string of the molecule is CCOc1ccccc1N(CC(=O)N(Cc1ccc(C)cc1)[C@H](Cc1ccccc1)C(=O)NC)S(=O)(=O)c1ccc(C)cc1. The Kier molecular flexibility index (Phi) is 10.8. The number of carbonyl (C=O) groups is 2. The summed E-state index contributed by atoms with van der Waals surface area (Å²) in [7, 11) is -2.69. The maximum atomic E-state index is 14.5. The third kappa shape index (κ3) is 7.85. The summed E-state index contributed by atoms with van der Waals surface area (Å²) in [6, 6.07) is 29.5. The second kappa shape index (κ2) is 14.7. The number of hydrogen-bond donors (Lipinski definition) is 1. The lowest BCUT2D eigenvalue weighted by Crippen LogP contribution is -2.53. The molecule has 0 radical (unpaired) electrons. The zero-order chi connectivity index (χ0) is 31.7. The number of anilines is 1. The van der Waals surface area contributed by atoms with Gasteiger partial charge >= 0.3 is 0 Å². The number of sulfonamides is 1. The van der Waals surface area contributed by atoms with E-state index >= 15 is 0 Å². The lowest BCUT2D eigenvalue weighted by Gasteiger charge is -2.34. The molecule has 8 nitrogen and oxygen atoms in total. The molecule has 0 aliphatic carbocycles. The molecular formula is C35H39N3O5S. The van der Waals surface area contributed by atoms with Crippen LogP contribution in [0.1, 0.15) is 29.2 Å². The van der Waals surface area contributed by atoms with Gasteiger partial charge in [0.1, 0.15) is 18.3 Å². The van der Waals surface area contributed by atoms with E-state index in [0.717, 1.165) is 26.6 Å². The molecule has 0 aromatic heterocycles. The predicted octanol–water partition coefficient (Wildman–Crippen LogP) is 5.28. The van der Waals surface area contributed by atoms with Crippen LogP contribution in [0.15, 0.2) is 108 Å². The highest BCUT2D eigenvalue weighted by atomic mass is 32.2. The van der Waals surface area contributed by atoms with Crippen LogP contribution in [0.4, 0.5) is 5.69 Å². The highest BCUT2D eigenvalue weighted by Crippen LogP contribution is 2.33. The zero-order valence-corrected chi connectivity index (χ0v) is 26.4. The van der Waals surface area contributed by atoms with Gasteiger partial charge < -0.3 is 15.0 Å². The Bertz CT molecular complexity index is 1660. The van der Waals surface area contributed by atoms with E-state index in [-0.39, 0.29) is 29.5 Å². The van der Waals surface area contributed by atoms with Crippen LogP contribution in [-0.2, 0) is 32.6 Å². The van der Waals surface area contributed by atoms with Gasteiger partial charge in [-0.05, 0) is 56.2 Å². The number of nitrogens with one attached hydrogen (secondary N) is 1. The molecule has 0 spiro atoms. The van der Waals surface area contributed by atoms with Crippen LogP contribution < -0.4 is 14.4 Å². The average molecular weight is 614 g/mol. The molecule has 0 saturated heterocycles. The van der Waals surface area contributed by atoms with Crippen molar-refractivity contribution in [1.29, 1.82) is 0 Å². The van der Waals surface area contributed by atoms with Crippen LogP contribution in [0, 0.1) is 13.8 Å². The normalized spacial score (nSPS) is 11.8. The topological polar surface area (TPSA) is 96.0 Å². The molecule has 0 aliphatic heterocycles. The number of benzene rings is 4. The largest absolute Gasteiger partial charge is 0.492 e. The van der Waals surface area contributed by atoms with Gasteiger partial charge in [0.2, 0.25) is 11.8 Å². The van der Waals surface area contributed by atoms with Gasteiger partial charge in [0.05, 0.1) is 17.2 Å². The average Bonchev–Trinajstić information content (AvgIpc) is 3.03. The van der Waals surface area contributed by atoms with Crippen molar-refractivity contribution in [3.8, 4) is 5.75 Å². The van der Waals surface area contributed by atoms with Gasteiger partial charge in [-0.15, -0.1) is 0 Å². The molecule has 1 N–H and O–H groups in total. The van der Waals surface area contributed by atoms with Crippen LogP contribution >= 0.6 is 0 Å². The minimum Gasteiger partial charge on any atom is -0.492 e. The second-order valence-corrected chi connectivity index (χ2v) is 12.4. The van der Waals surface area contributed by atoms with E-state index in [1.165, 1.54) is 24.1 Å². The summed E-state index contributed by atoms with van der Waals surface area (Å²) in [6.45, 7) is 5.51. The number of aryl methyl sites for hydroxylation is 2. The first-order valence-corrected chi connectivity index (χ1v) is 16.0. The van der Waals surface area contributed by atoms with Crippen molar-refractivity contribution in [2.24, 2.45) is 0 Å². The van der Waals surface area contributed by atoms with Gasteiger partial charge in [0.15, 0.2) is 0 Å². The Morgan fingerprint density at radius 1 is 0.795 bits per heavy atom. The van der Waals surface area contributed by atoms with E-state index in [2.05, 4.69) is 5.32 Å². The molecular weight excluding hydrogens is 574 g/mol. The van der Waals surface area contributed by atoms with E-state index in [4.69, 9.17) is 4.74 Å². The van der Waals surface area contributed by atoms with Gasteiger partial charge in [-0.25, -0.2) is 8.42 Å².